The van der Waals surface area contributed by atoms with E-state index in [0.29, 0.717) is 12.0 Å². The van der Waals surface area contributed by atoms with Crippen LogP contribution in [0.4, 0.5) is 0 Å². The largest absolute Gasteiger partial charge is 0.396 e. The van der Waals surface area contributed by atoms with Gasteiger partial charge in [0.25, 0.3) is 5.56 Å². The molecule has 1 aliphatic rings. The molecule has 0 amide bonds. The van der Waals surface area contributed by atoms with Crippen molar-refractivity contribution in [2.75, 3.05) is 6.61 Å². The zero-order chi connectivity index (χ0) is 13.4. The van der Waals surface area contributed by atoms with Crippen LogP contribution in [0, 0.1) is 18.8 Å². The second-order valence-electron chi connectivity index (χ2n) is 5.05. The Morgan fingerprint density at radius 1 is 1.50 bits per heavy atom. The molecule has 1 heterocycles. The molecule has 2 rings (SSSR count). The smallest absolute Gasteiger partial charge is 0.328 e. The minimum absolute atomic E-state index is 0.0204. The molecule has 1 unspecified atom stereocenters. The highest BCUT2D eigenvalue weighted by Crippen LogP contribution is 2.39. The number of hydrogen-bond donors (Lipinski definition) is 3. The van der Waals surface area contributed by atoms with Crippen LogP contribution in [-0.2, 0) is 0 Å². The van der Waals surface area contributed by atoms with Crippen LogP contribution >= 0.6 is 0 Å². The van der Waals surface area contributed by atoms with Crippen LogP contribution in [0.15, 0.2) is 15.8 Å². The summed E-state index contributed by atoms with van der Waals surface area (Å²) in [4.78, 5) is 25.4. The lowest BCUT2D eigenvalue weighted by Crippen LogP contribution is -2.34. The summed E-state index contributed by atoms with van der Waals surface area (Å²) in [6.45, 7) is 3.43. The van der Waals surface area contributed by atoms with Crippen LogP contribution < -0.4 is 11.2 Å². The van der Waals surface area contributed by atoms with E-state index in [1.165, 1.54) is 10.8 Å². The molecule has 3 N–H and O–H groups in total. The summed E-state index contributed by atoms with van der Waals surface area (Å²) in [7, 11) is 0. The molecule has 6 heteroatoms. The van der Waals surface area contributed by atoms with E-state index < -0.39 is 11.8 Å². The lowest BCUT2D eigenvalue weighted by atomic mass is 9.95. The van der Waals surface area contributed by atoms with Crippen molar-refractivity contribution in [3.8, 4) is 0 Å². The van der Waals surface area contributed by atoms with Gasteiger partial charge >= 0.3 is 5.69 Å². The molecule has 0 aliphatic heterocycles. The first-order valence-electron chi connectivity index (χ1n) is 6.06. The van der Waals surface area contributed by atoms with Gasteiger partial charge in [0.15, 0.2) is 0 Å². The van der Waals surface area contributed by atoms with Gasteiger partial charge in [-0.05, 0) is 19.3 Å². The Balaban J connectivity index is 2.42. The third kappa shape index (κ3) is 2.02. The van der Waals surface area contributed by atoms with E-state index in [2.05, 4.69) is 4.98 Å². The quantitative estimate of drug-likeness (QED) is 0.656. The summed E-state index contributed by atoms with van der Waals surface area (Å²) in [6, 6.07) is -0.194. The van der Waals surface area contributed by atoms with Crippen molar-refractivity contribution in [1.82, 2.24) is 9.55 Å². The molecule has 4 atom stereocenters. The van der Waals surface area contributed by atoms with Crippen LogP contribution in [0.25, 0.3) is 0 Å². The minimum atomic E-state index is -0.617. The molecule has 100 valence electrons. The summed E-state index contributed by atoms with van der Waals surface area (Å²) in [5, 5.41) is 19.1. The van der Waals surface area contributed by atoms with Gasteiger partial charge in [-0.3, -0.25) is 14.3 Å². The van der Waals surface area contributed by atoms with Crippen LogP contribution in [0.1, 0.15) is 24.9 Å². The Morgan fingerprint density at radius 3 is 2.72 bits per heavy atom. The fraction of sp³-hybridized carbons (Fsp3) is 0.667. The lowest BCUT2D eigenvalue weighted by molar-refractivity contribution is 0.0752. The molecule has 1 fully saturated rings. The molecular formula is C12H18N2O4. The van der Waals surface area contributed by atoms with E-state index in [9.17, 15) is 19.8 Å². The molecule has 18 heavy (non-hydrogen) atoms. The number of aliphatic hydroxyl groups excluding tert-OH is 2. The highest BCUT2D eigenvalue weighted by Gasteiger charge is 2.40. The SMILES string of the molecule is Cc1cn([C@H]2C[C@H](O)[C@@H](CO)C2C)c(=O)[nH]c1=O. The van der Waals surface area contributed by atoms with Crippen molar-refractivity contribution in [3.63, 3.8) is 0 Å². The number of aromatic amines is 1. The van der Waals surface area contributed by atoms with Gasteiger partial charge in [0.05, 0.1) is 6.10 Å². The third-order valence-corrected chi connectivity index (χ3v) is 3.97. The molecule has 1 aromatic rings. The Bertz CT molecular complexity index is 548. The highest BCUT2D eigenvalue weighted by atomic mass is 16.3. The first kappa shape index (κ1) is 13.0. The number of nitrogens with zero attached hydrogens (tertiary/aromatic N) is 1. The zero-order valence-electron chi connectivity index (χ0n) is 10.5. The maximum absolute atomic E-state index is 11.8. The van der Waals surface area contributed by atoms with E-state index >= 15 is 0 Å². The second-order valence-corrected chi connectivity index (χ2v) is 5.05. The number of hydrogen-bond acceptors (Lipinski definition) is 4. The Hall–Kier alpha value is -1.40. The first-order valence-corrected chi connectivity index (χ1v) is 6.06. The maximum atomic E-state index is 11.8. The van der Waals surface area contributed by atoms with Gasteiger partial charge in [0.1, 0.15) is 0 Å². The average molecular weight is 254 g/mol. The summed E-state index contributed by atoms with van der Waals surface area (Å²) in [5.74, 6) is -0.248. The lowest BCUT2D eigenvalue weighted by Gasteiger charge is -2.21. The normalized spacial score (nSPS) is 31.8. The average Bonchev–Trinajstić information content (AvgIpc) is 2.59. The fourth-order valence-electron chi connectivity index (χ4n) is 2.76. The van der Waals surface area contributed by atoms with Crippen LogP contribution in [0.2, 0.25) is 0 Å². The molecule has 0 spiro atoms. The highest BCUT2D eigenvalue weighted by molar-refractivity contribution is 5.04. The van der Waals surface area contributed by atoms with Crippen LogP contribution in [-0.4, -0.2) is 32.5 Å². The standard InChI is InChI=1S/C12H18N2O4/c1-6-4-14(12(18)13-11(6)17)9-3-10(16)8(5-15)7(9)2/h4,7-10,15-16H,3,5H2,1-2H3,(H,13,17,18)/t7?,8-,9-,10-/m0/s1. The van der Waals surface area contributed by atoms with Crippen LogP contribution in [0.5, 0.6) is 0 Å². The predicted molar refractivity (Wildman–Crippen MR) is 65.5 cm³/mol. The molecule has 0 bridgehead atoms. The minimum Gasteiger partial charge on any atom is -0.396 e. The van der Waals surface area contributed by atoms with Gasteiger partial charge in [-0.1, -0.05) is 6.92 Å². The Kier molecular flexibility index (Phi) is 3.41. The summed E-state index contributed by atoms with van der Waals surface area (Å²) in [5.41, 5.74) is -0.391. The van der Waals surface area contributed by atoms with Gasteiger partial charge in [-0.15, -0.1) is 0 Å². The predicted octanol–water partition coefficient (Wildman–Crippen LogP) is -0.605. The van der Waals surface area contributed by atoms with E-state index in [4.69, 9.17) is 0 Å². The van der Waals surface area contributed by atoms with Crippen molar-refractivity contribution in [2.45, 2.75) is 32.4 Å². The first-order chi connectivity index (χ1) is 8.45. The van der Waals surface area contributed by atoms with Gasteiger partial charge in [-0.2, -0.15) is 0 Å². The summed E-state index contributed by atoms with van der Waals surface area (Å²) < 4.78 is 1.46. The van der Waals surface area contributed by atoms with Crippen molar-refractivity contribution in [2.24, 2.45) is 11.8 Å². The fourth-order valence-corrected chi connectivity index (χ4v) is 2.76. The molecule has 1 saturated carbocycles. The van der Waals surface area contributed by atoms with E-state index in [1.807, 2.05) is 6.92 Å². The summed E-state index contributed by atoms with van der Waals surface area (Å²) >= 11 is 0. The van der Waals surface area contributed by atoms with Crippen LogP contribution in [0.3, 0.4) is 0 Å². The molecular weight excluding hydrogens is 236 g/mol. The second kappa shape index (κ2) is 4.70. The van der Waals surface area contributed by atoms with Gasteiger partial charge in [0, 0.05) is 30.3 Å². The molecule has 1 aliphatic carbocycles. The molecule has 1 aromatic heterocycles. The maximum Gasteiger partial charge on any atom is 0.328 e. The van der Waals surface area contributed by atoms with Crippen molar-refractivity contribution in [3.05, 3.63) is 32.6 Å². The topological polar surface area (TPSA) is 95.3 Å². The van der Waals surface area contributed by atoms with E-state index in [1.54, 1.807) is 6.92 Å². The summed E-state index contributed by atoms with van der Waals surface area (Å²) in [6.07, 6.45) is 1.32. The Morgan fingerprint density at radius 2 is 2.17 bits per heavy atom. The monoisotopic (exact) mass is 254 g/mol. The number of nitrogens with one attached hydrogen (secondary N) is 1. The molecule has 0 saturated heterocycles. The number of aliphatic hydroxyl groups is 2. The number of aromatic nitrogens is 2. The van der Waals surface area contributed by atoms with Gasteiger partial charge in [0.2, 0.25) is 0 Å². The number of aryl methyl sites for hydroxylation is 1. The van der Waals surface area contributed by atoms with Gasteiger partial charge in [-0.25, -0.2) is 4.79 Å². The van der Waals surface area contributed by atoms with Gasteiger partial charge < -0.3 is 10.2 Å². The molecule has 0 aromatic carbocycles. The Labute approximate surface area is 104 Å². The van der Waals surface area contributed by atoms with E-state index in [-0.39, 0.29) is 30.0 Å². The van der Waals surface area contributed by atoms with Crippen molar-refractivity contribution >= 4 is 0 Å². The zero-order valence-corrected chi connectivity index (χ0v) is 10.5. The molecule has 0 radical (unpaired) electrons. The number of rotatable bonds is 2. The molecule has 6 nitrogen and oxygen atoms in total. The number of H-pyrrole nitrogens is 1. The third-order valence-electron chi connectivity index (χ3n) is 3.97. The van der Waals surface area contributed by atoms with Crippen molar-refractivity contribution in [1.29, 1.82) is 0 Å². The van der Waals surface area contributed by atoms with Crippen molar-refractivity contribution < 1.29 is 10.2 Å². The van der Waals surface area contributed by atoms with E-state index in [0.717, 1.165) is 0 Å².